The molecule has 1 atom stereocenters. The molecule has 2 N–H and O–H groups in total. The first-order valence-corrected chi connectivity index (χ1v) is 11.0. The molecule has 34 heavy (non-hydrogen) atoms. The van der Waals surface area contributed by atoms with Gasteiger partial charge in [-0.1, -0.05) is 5.21 Å². The third kappa shape index (κ3) is 4.11. The monoisotopic (exact) mass is 466 g/mol. The Bertz CT molecular complexity index is 1320. The molecule has 2 heterocycles. The van der Waals surface area contributed by atoms with Crippen LogP contribution in [0.2, 0.25) is 0 Å². The van der Waals surface area contributed by atoms with E-state index in [-0.39, 0.29) is 17.6 Å². The average Bonchev–Trinajstić information content (AvgIpc) is 3.26. The summed E-state index contributed by atoms with van der Waals surface area (Å²) in [7, 11) is 3.45. The summed E-state index contributed by atoms with van der Waals surface area (Å²) in [6, 6.07) is 4.09. The van der Waals surface area contributed by atoms with Gasteiger partial charge in [0.15, 0.2) is 0 Å². The molecule has 0 saturated heterocycles. The van der Waals surface area contributed by atoms with Crippen molar-refractivity contribution in [2.75, 3.05) is 5.32 Å². The second kappa shape index (κ2) is 8.85. The number of Topliss-reactive ketones (excluding diaryl/α,β-unsaturated/α-hetero) is 1. The molecule has 3 aromatic rings. The molecule has 1 aromatic carbocycles. The van der Waals surface area contributed by atoms with E-state index in [1.54, 1.807) is 44.1 Å². The van der Waals surface area contributed by atoms with Crippen LogP contribution in [-0.2, 0) is 31.7 Å². The van der Waals surface area contributed by atoms with E-state index >= 15 is 0 Å². The zero-order chi connectivity index (χ0) is 24.7. The Morgan fingerprint density at radius 2 is 1.88 bits per heavy atom. The average molecular weight is 467 g/mol. The maximum Gasteiger partial charge on any atom is 0.294 e. The van der Waals surface area contributed by atoms with Gasteiger partial charge in [0.2, 0.25) is 0 Å². The molecular formula is C24H27FN6O3. The second-order valence-corrected chi connectivity index (χ2v) is 8.76. The van der Waals surface area contributed by atoms with Gasteiger partial charge in [0.25, 0.3) is 17.6 Å². The van der Waals surface area contributed by atoms with Crippen LogP contribution in [0.3, 0.4) is 0 Å². The van der Waals surface area contributed by atoms with E-state index in [1.807, 2.05) is 0 Å². The molecular weight excluding hydrogens is 439 g/mol. The van der Waals surface area contributed by atoms with E-state index in [9.17, 15) is 18.8 Å². The standard InChI is InChI=1S/C24H27FN6O3/c1-12-10-15(6-8-17(12)25)26-23(33)20-13(2)21(30(4)14(20)3)22(32)24(34)27-16-7-9-18-19(11-16)31(5)29-28-18/h6,8,10,16H,7,9,11H2,1-5H3,(H,26,33)(H,27,34). The number of fused-ring (bicyclic) bond motifs is 1. The van der Waals surface area contributed by atoms with Gasteiger partial charge < -0.3 is 15.2 Å². The molecule has 0 bridgehead atoms. The van der Waals surface area contributed by atoms with Gasteiger partial charge in [-0.05, 0) is 62.9 Å². The van der Waals surface area contributed by atoms with Crippen LogP contribution in [0.5, 0.6) is 0 Å². The molecule has 1 aliphatic rings. The number of amides is 2. The molecule has 0 aliphatic heterocycles. The highest BCUT2D eigenvalue weighted by atomic mass is 19.1. The molecule has 10 heteroatoms. The van der Waals surface area contributed by atoms with Crippen molar-refractivity contribution in [3.8, 4) is 0 Å². The van der Waals surface area contributed by atoms with Crippen molar-refractivity contribution in [2.24, 2.45) is 14.1 Å². The summed E-state index contributed by atoms with van der Waals surface area (Å²) in [5, 5.41) is 13.7. The number of hydrogen-bond donors (Lipinski definition) is 2. The molecule has 0 fully saturated rings. The van der Waals surface area contributed by atoms with E-state index in [0.29, 0.717) is 47.3 Å². The van der Waals surface area contributed by atoms with Gasteiger partial charge in [0, 0.05) is 37.9 Å². The first-order chi connectivity index (χ1) is 16.1. The van der Waals surface area contributed by atoms with Gasteiger partial charge in [0.05, 0.1) is 22.6 Å². The predicted molar refractivity (Wildman–Crippen MR) is 123 cm³/mol. The van der Waals surface area contributed by atoms with Gasteiger partial charge >= 0.3 is 0 Å². The highest BCUT2D eigenvalue weighted by molar-refractivity contribution is 6.43. The zero-order valence-electron chi connectivity index (χ0n) is 19.8. The normalized spacial score (nSPS) is 15.1. The summed E-state index contributed by atoms with van der Waals surface area (Å²) >= 11 is 0. The van der Waals surface area contributed by atoms with Crippen molar-refractivity contribution in [1.82, 2.24) is 24.9 Å². The fourth-order valence-corrected chi connectivity index (χ4v) is 4.54. The minimum atomic E-state index is -0.714. The Hall–Kier alpha value is -3.82. The fourth-order valence-electron chi connectivity index (χ4n) is 4.54. The number of hydrogen-bond acceptors (Lipinski definition) is 5. The SMILES string of the molecule is Cc1cc(NC(=O)c2c(C)c(C(=O)C(=O)NC3CCc4nnn(C)c4C3)n(C)c2C)ccc1F. The Labute approximate surface area is 196 Å². The number of nitrogens with zero attached hydrogens (tertiary/aromatic N) is 4. The third-order valence-corrected chi connectivity index (χ3v) is 6.52. The molecule has 0 radical (unpaired) electrons. The Morgan fingerprint density at radius 3 is 2.59 bits per heavy atom. The van der Waals surface area contributed by atoms with Crippen LogP contribution < -0.4 is 10.6 Å². The van der Waals surface area contributed by atoms with Crippen molar-refractivity contribution in [3.05, 3.63) is 63.5 Å². The lowest BCUT2D eigenvalue weighted by Crippen LogP contribution is -2.43. The molecule has 1 aliphatic carbocycles. The first kappa shape index (κ1) is 23.3. The van der Waals surface area contributed by atoms with Crippen LogP contribution in [0.4, 0.5) is 10.1 Å². The molecule has 2 aromatic heterocycles. The molecule has 9 nitrogen and oxygen atoms in total. The summed E-state index contributed by atoms with van der Waals surface area (Å²) in [6.07, 6.45) is 1.89. The molecule has 2 amide bonds. The maximum atomic E-state index is 13.6. The number of carbonyl (C=O) groups excluding carboxylic acids is 3. The van der Waals surface area contributed by atoms with Crippen molar-refractivity contribution in [1.29, 1.82) is 0 Å². The zero-order valence-corrected chi connectivity index (χ0v) is 19.8. The van der Waals surface area contributed by atoms with Crippen molar-refractivity contribution in [3.63, 3.8) is 0 Å². The van der Waals surface area contributed by atoms with Gasteiger partial charge in [-0.25, -0.2) is 4.39 Å². The molecule has 0 saturated carbocycles. The summed E-state index contributed by atoms with van der Waals surface area (Å²) in [6.45, 7) is 4.97. The number of carbonyl (C=O) groups is 3. The minimum Gasteiger partial charge on any atom is -0.346 e. The van der Waals surface area contributed by atoms with Crippen LogP contribution >= 0.6 is 0 Å². The van der Waals surface area contributed by atoms with Crippen molar-refractivity contribution < 1.29 is 18.8 Å². The van der Waals surface area contributed by atoms with E-state index in [1.165, 1.54) is 18.2 Å². The van der Waals surface area contributed by atoms with Crippen molar-refractivity contribution >= 4 is 23.3 Å². The van der Waals surface area contributed by atoms with E-state index in [2.05, 4.69) is 20.9 Å². The fraction of sp³-hybridized carbons (Fsp3) is 0.375. The Kier molecular flexibility index (Phi) is 6.07. The van der Waals surface area contributed by atoms with Crippen LogP contribution in [-0.4, -0.2) is 43.2 Å². The van der Waals surface area contributed by atoms with Gasteiger partial charge in [-0.3, -0.25) is 19.1 Å². The van der Waals surface area contributed by atoms with E-state index in [4.69, 9.17) is 0 Å². The Balaban J connectivity index is 1.53. The molecule has 4 rings (SSSR count). The predicted octanol–water partition coefficient (Wildman–Crippen LogP) is 2.33. The number of ketones is 1. The number of anilines is 1. The van der Waals surface area contributed by atoms with Crippen LogP contribution in [0.1, 0.15) is 55.5 Å². The lowest BCUT2D eigenvalue weighted by Gasteiger charge is -2.22. The minimum absolute atomic E-state index is 0.161. The quantitative estimate of drug-likeness (QED) is 0.443. The molecule has 1 unspecified atom stereocenters. The maximum absolute atomic E-state index is 13.6. The van der Waals surface area contributed by atoms with Crippen LogP contribution in [0, 0.1) is 26.6 Å². The molecule has 178 valence electrons. The summed E-state index contributed by atoms with van der Waals surface area (Å²) < 4.78 is 16.8. The number of halogens is 1. The van der Waals surface area contributed by atoms with Gasteiger partial charge in [-0.15, -0.1) is 5.10 Å². The Morgan fingerprint density at radius 1 is 1.15 bits per heavy atom. The number of benzene rings is 1. The number of rotatable bonds is 5. The highest BCUT2D eigenvalue weighted by Crippen LogP contribution is 2.24. The smallest absolute Gasteiger partial charge is 0.294 e. The second-order valence-electron chi connectivity index (χ2n) is 8.76. The summed E-state index contributed by atoms with van der Waals surface area (Å²) in [5.41, 5.74) is 4.15. The number of aromatic nitrogens is 4. The van der Waals surface area contributed by atoms with Crippen molar-refractivity contribution in [2.45, 2.75) is 46.1 Å². The van der Waals surface area contributed by atoms with Gasteiger partial charge in [-0.2, -0.15) is 0 Å². The topological polar surface area (TPSA) is 111 Å². The highest BCUT2D eigenvalue weighted by Gasteiger charge is 2.31. The lowest BCUT2D eigenvalue weighted by molar-refractivity contribution is -0.117. The first-order valence-electron chi connectivity index (χ1n) is 11.0. The number of aryl methyl sites for hydroxylation is 3. The van der Waals surface area contributed by atoms with E-state index < -0.39 is 17.6 Å². The van der Waals surface area contributed by atoms with Gasteiger partial charge in [0.1, 0.15) is 5.82 Å². The van der Waals surface area contributed by atoms with E-state index in [0.717, 1.165) is 11.4 Å². The third-order valence-electron chi connectivity index (χ3n) is 6.52. The summed E-state index contributed by atoms with van der Waals surface area (Å²) in [5.74, 6) is -2.21. The largest absolute Gasteiger partial charge is 0.346 e. The number of nitrogens with one attached hydrogen (secondary N) is 2. The summed E-state index contributed by atoms with van der Waals surface area (Å²) in [4.78, 5) is 39.0. The van der Waals surface area contributed by atoms with Crippen LogP contribution in [0.25, 0.3) is 0 Å². The lowest BCUT2D eigenvalue weighted by atomic mass is 9.95. The van der Waals surface area contributed by atoms with Crippen LogP contribution in [0.15, 0.2) is 18.2 Å². The molecule has 0 spiro atoms.